The Morgan fingerprint density at radius 2 is 2.50 bits per heavy atom. The average molecular weight is 140 g/mol. The molecule has 0 saturated heterocycles. The van der Waals surface area contributed by atoms with Crippen molar-refractivity contribution in [3.05, 3.63) is 29.5 Å². The van der Waals surface area contributed by atoms with Gasteiger partial charge in [-0.05, 0) is 6.07 Å². The molecule has 0 fully saturated rings. The molecule has 0 saturated carbocycles. The normalized spacial score (nSPS) is 9.70. The van der Waals surface area contributed by atoms with Crippen LogP contribution >= 0.6 is 0 Å². The largest absolute Gasteiger partial charge is 0.383 e. The van der Waals surface area contributed by atoms with Crippen LogP contribution in [-0.4, -0.2) is 14.7 Å². The molecular weight excluding hydrogens is 134 g/mol. The Labute approximate surface area is 56.7 Å². The molecule has 1 aromatic heterocycles. The first-order valence-electron chi connectivity index (χ1n) is 2.56. The summed E-state index contributed by atoms with van der Waals surface area (Å²) in [5.41, 5.74) is 4.57. The maximum Gasteiger partial charge on any atom is 0.351 e. The van der Waals surface area contributed by atoms with Crippen LogP contribution in [0.4, 0.5) is 5.82 Å². The van der Waals surface area contributed by atoms with E-state index in [1.54, 1.807) is 0 Å². The minimum Gasteiger partial charge on any atom is -0.383 e. The van der Waals surface area contributed by atoms with Crippen LogP contribution in [0.5, 0.6) is 0 Å². The number of anilines is 1. The van der Waals surface area contributed by atoms with E-state index in [-0.39, 0.29) is 5.82 Å². The van der Waals surface area contributed by atoms with Gasteiger partial charge in [-0.15, -0.1) is 0 Å². The lowest BCUT2D eigenvalue weighted by Crippen LogP contribution is -2.21. The first-order valence-corrected chi connectivity index (χ1v) is 2.56. The number of nitrogen functional groups attached to an aromatic ring is 1. The van der Waals surface area contributed by atoms with E-state index in [0.29, 0.717) is 6.73 Å². The van der Waals surface area contributed by atoms with E-state index in [4.69, 9.17) is 10.8 Å². The highest BCUT2D eigenvalue weighted by Gasteiger charge is 1.93. The highest BCUT2D eigenvalue weighted by atomic mass is 16.3. The van der Waals surface area contributed by atoms with Crippen LogP contribution in [-0.2, 0) is 0 Å². The number of nitrogens with two attached hydrogens (primary N) is 1. The molecule has 0 unspecified atom stereocenters. The molecular formula is C5H6N3O2. The Bertz CT molecular complexity index is 280. The number of aliphatic hydroxyl groups is 1. The summed E-state index contributed by atoms with van der Waals surface area (Å²) >= 11 is 0. The van der Waals surface area contributed by atoms with Crippen molar-refractivity contribution < 1.29 is 5.11 Å². The molecule has 0 spiro atoms. The molecule has 5 heteroatoms. The van der Waals surface area contributed by atoms with Crippen LogP contribution < -0.4 is 11.4 Å². The summed E-state index contributed by atoms with van der Waals surface area (Å²) in [6.07, 6.45) is 1.32. The number of aliphatic hydroxyl groups excluding tert-OH is 1. The van der Waals surface area contributed by atoms with E-state index in [1.165, 1.54) is 12.3 Å². The fourth-order valence-corrected chi connectivity index (χ4v) is 0.514. The van der Waals surface area contributed by atoms with Crippen molar-refractivity contribution in [3.63, 3.8) is 0 Å². The fourth-order valence-electron chi connectivity index (χ4n) is 0.514. The molecule has 1 radical (unpaired) electrons. The standard InChI is InChI=1S/C5H6N3O2/c6-4-1-2-8(3-9)5(10)7-4/h1-3,9H,(H2,6,7,10). The zero-order chi connectivity index (χ0) is 7.56. The van der Waals surface area contributed by atoms with Gasteiger partial charge < -0.3 is 10.8 Å². The summed E-state index contributed by atoms with van der Waals surface area (Å²) in [5, 5.41) is 8.37. The van der Waals surface area contributed by atoms with Crippen molar-refractivity contribution in [2.24, 2.45) is 0 Å². The second-order valence-electron chi connectivity index (χ2n) is 1.66. The minimum atomic E-state index is -0.595. The van der Waals surface area contributed by atoms with E-state index in [0.717, 1.165) is 4.57 Å². The van der Waals surface area contributed by atoms with Crippen LogP contribution in [0, 0.1) is 6.73 Å². The summed E-state index contributed by atoms with van der Waals surface area (Å²) in [4.78, 5) is 14.0. The van der Waals surface area contributed by atoms with Crippen molar-refractivity contribution >= 4 is 5.82 Å². The van der Waals surface area contributed by atoms with Gasteiger partial charge in [-0.2, -0.15) is 4.98 Å². The molecule has 0 bridgehead atoms. The Balaban J connectivity index is 3.20. The van der Waals surface area contributed by atoms with Gasteiger partial charge in [0.1, 0.15) is 5.82 Å². The van der Waals surface area contributed by atoms with Crippen molar-refractivity contribution in [3.8, 4) is 0 Å². The van der Waals surface area contributed by atoms with Crippen LogP contribution in [0.15, 0.2) is 17.1 Å². The van der Waals surface area contributed by atoms with Gasteiger partial charge in [0, 0.05) is 6.20 Å². The molecule has 0 aliphatic carbocycles. The number of rotatable bonds is 1. The molecule has 1 aromatic rings. The first kappa shape index (κ1) is 6.76. The minimum absolute atomic E-state index is 0.142. The SMILES string of the molecule is Nc1ccn([CH]O)c(=O)n1. The van der Waals surface area contributed by atoms with Gasteiger partial charge in [0.15, 0.2) is 6.73 Å². The molecule has 1 heterocycles. The quantitative estimate of drug-likeness (QED) is 0.533. The van der Waals surface area contributed by atoms with Crippen molar-refractivity contribution in [1.29, 1.82) is 0 Å². The molecule has 0 amide bonds. The number of aromatic nitrogens is 2. The van der Waals surface area contributed by atoms with Crippen molar-refractivity contribution in [1.82, 2.24) is 9.55 Å². The van der Waals surface area contributed by atoms with Gasteiger partial charge in [0.05, 0.1) is 0 Å². The predicted molar refractivity (Wildman–Crippen MR) is 34.5 cm³/mol. The number of hydrogen-bond donors (Lipinski definition) is 2. The molecule has 0 aromatic carbocycles. The van der Waals surface area contributed by atoms with Gasteiger partial charge in [0.2, 0.25) is 0 Å². The summed E-state index contributed by atoms with van der Waals surface area (Å²) in [6.45, 7) is 0.620. The van der Waals surface area contributed by atoms with Gasteiger partial charge in [0.25, 0.3) is 0 Å². The lowest BCUT2D eigenvalue weighted by molar-refractivity contribution is 0.353. The van der Waals surface area contributed by atoms with Crippen LogP contribution in [0.25, 0.3) is 0 Å². The molecule has 10 heavy (non-hydrogen) atoms. The summed E-state index contributed by atoms with van der Waals surface area (Å²) < 4.78 is 0.913. The Hall–Kier alpha value is -1.36. The third kappa shape index (κ3) is 1.14. The molecule has 0 aliphatic rings. The molecule has 1 rings (SSSR count). The third-order valence-corrected chi connectivity index (χ3v) is 0.976. The molecule has 0 atom stereocenters. The van der Waals surface area contributed by atoms with Crippen molar-refractivity contribution in [2.45, 2.75) is 0 Å². The molecule has 53 valence electrons. The second-order valence-corrected chi connectivity index (χ2v) is 1.66. The Kier molecular flexibility index (Phi) is 1.68. The zero-order valence-corrected chi connectivity index (χ0v) is 5.06. The fraction of sp³-hybridized carbons (Fsp3) is 0. The molecule has 5 nitrogen and oxygen atoms in total. The van der Waals surface area contributed by atoms with Gasteiger partial charge in [-0.1, -0.05) is 0 Å². The zero-order valence-electron chi connectivity index (χ0n) is 5.06. The lowest BCUT2D eigenvalue weighted by Gasteiger charge is -1.96. The van der Waals surface area contributed by atoms with E-state index in [9.17, 15) is 4.79 Å². The second kappa shape index (κ2) is 2.49. The number of hydrogen-bond acceptors (Lipinski definition) is 4. The Morgan fingerprint density at radius 3 is 3.00 bits per heavy atom. The summed E-state index contributed by atoms with van der Waals surface area (Å²) in [6, 6.07) is 1.41. The highest BCUT2D eigenvalue weighted by Crippen LogP contribution is 1.87. The first-order chi connectivity index (χ1) is 4.74. The summed E-state index contributed by atoms with van der Waals surface area (Å²) in [5.74, 6) is 0.142. The average Bonchev–Trinajstić information content (AvgIpc) is 1.88. The monoisotopic (exact) mass is 140 g/mol. The maximum atomic E-state index is 10.7. The van der Waals surface area contributed by atoms with Crippen molar-refractivity contribution in [2.75, 3.05) is 5.73 Å². The summed E-state index contributed by atoms with van der Waals surface area (Å²) in [7, 11) is 0. The smallest absolute Gasteiger partial charge is 0.351 e. The number of nitrogens with zero attached hydrogens (tertiary/aromatic N) is 2. The van der Waals surface area contributed by atoms with Gasteiger partial charge in [-0.3, -0.25) is 4.57 Å². The van der Waals surface area contributed by atoms with Gasteiger partial charge >= 0.3 is 5.69 Å². The van der Waals surface area contributed by atoms with Crippen LogP contribution in [0.2, 0.25) is 0 Å². The van der Waals surface area contributed by atoms with E-state index in [2.05, 4.69) is 4.98 Å². The van der Waals surface area contributed by atoms with Gasteiger partial charge in [-0.25, -0.2) is 4.79 Å². The van der Waals surface area contributed by atoms with Crippen LogP contribution in [0.3, 0.4) is 0 Å². The Morgan fingerprint density at radius 1 is 1.80 bits per heavy atom. The van der Waals surface area contributed by atoms with E-state index >= 15 is 0 Å². The van der Waals surface area contributed by atoms with E-state index < -0.39 is 5.69 Å². The third-order valence-electron chi connectivity index (χ3n) is 0.976. The van der Waals surface area contributed by atoms with Crippen LogP contribution in [0.1, 0.15) is 0 Å². The molecule has 3 N–H and O–H groups in total. The lowest BCUT2D eigenvalue weighted by atomic mass is 10.6. The topological polar surface area (TPSA) is 81.1 Å². The highest BCUT2D eigenvalue weighted by molar-refractivity contribution is 5.23. The van der Waals surface area contributed by atoms with E-state index in [1.807, 2.05) is 0 Å². The molecule has 0 aliphatic heterocycles. The predicted octanol–water partition coefficient (Wildman–Crippen LogP) is -0.835. The maximum absolute atomic E-state index is 10.7.